The summed E-state index contributed by atoms with van der Waals surface area (Å²) >= 11 is 0. The first kappa shape index (κ1) is 13.1. The van der Waals surface area contributed by atoms with Gasteiger partial charge < -0.3 is 4.74 Å². The zero-order chi connectivity index (χ0) is 12.0. The molecule has 16 heavy (non-hydrogen) atoms. The molecule has 1 aromatic rings. The van der Waals surface area contributed by atoms with Gasteiger partial charge in [-0.2, -0.15) is 0 Å². The van der Waals surface area contributed by atoms with Crippen LogP contribution in [0.25, 0.3) is 0 Å². The third-order valence-electron chi connectivity index (χ3n) is 2.64. The van der Waals surface area contributed by atoms with E-state index >= 15 is 0 Å². The maximum Gasteiger partial charge on any atom is 0.126 e. The van der Waals surface area contributed by atoms with Crippen LogP contribution in [-0.2, 0) is 4.74 Å². The molecule has 0 radical (unpaired) electrons. The van der Waals surface area contributed by atoms with Gasteiger partial charge in [0.15, 0.2) is 0 Å². The summed E-state index contributed by atoms with van der Waals surface area (Å²) in [5, 5.41) is 0. The molecule has 0 aromatic heterocycles. The Morgan fingerprint density at radius 2 is 2.25 bits per heavy atom. The number of hydrogen-bond acceptors (Lipinski definition) is 3. The number of hydrogen-bond donors (Lipinski definition) is 2. The fourth-order valence-electron chi connectivity index (χ4n) is 1.60. The van der Waals surface area contributed by atoms with Crippen molar-refractivity contribution in [2.75, 3.05) is 13.7 Å². The molecule has 0 heterocycles. The Morgan fingerprint density at radius 1 is 1.50 bits per heavy atom. The highest BCUT2D eigenvalue weighted by Crippen LogP contribution is 2.20. The molecule has 4 heteroatoms. The van der Waals surface area contributed by atoms with E-state index in [0.717, 1.165) is 18.4 Å². The summed E-state index contributed by atoms with van der Waals surface area (Å²) < 4.78 is 18.3. The van der Waals surface area contributed by atoms with Crippen molar-refractivity contribution in [3.63, 3.8) is 0 Å². The lowest BCUT2D eigenvalue weighted by molar-refractivity contribution is 0.189. The molecule has 90 valence electrons. The largest absolute Gasteiger partial charge is 0.385 e. The molecule has 0 fully saturated rings. The normalized spacial score (nSPS) is 12.8. The second kappa shape index (κ2) is 6.58. The second-order valence-corrected chi connectivity index (χ2v) is 3.86. The van der Waals surface area contributed by atoms with Gasteiger partial charge in [0.2, 0.25) is 0 Å². The Morgan fingerprint density at radius 3 is 2.81 bits per heavy atom. The highest BCUT2D eigenvalue weighted by molar-refractivity contribution is 5.25. The fraction of sp³-hybridized carbons (Fsp3) is 0.500. The molecule has 3 N–H and O–H groups in total. The summed E-state index contributed by atoms with van der Waals surface area (Å²) in [5.41, 5.74) is 4.23. The molecule has 0 spiro atoms. The van der Waals surface area contributed by atoms with Crippen LogP contribution in [0.3, 0.4) is 0 Å². The van der Waals surface area contributed by atoms with Crippen molar-refractivity contribution in [3.8, 4) is 0 Å². The van der Waals surface area contributed by atoms with E-state index in [0.29, 0.717) is 12.2 Å². The predicted molar refractivity (Wildman–Crippen MR) is 62.3 cm³/mol. The van der Waals surface area contributed by atoms with Crippen molar-refractivity contribution in [1.29, 1.82) is 0 Å². The third-order valence-corrected chi connectivity index (χ3v) is 2.64. The molecular weight excluding hydrogens is 207 g/mol. The van der Waals surface area contributed by atoms with Crippen LogP contribution < -0.4 is 11.3 Å². The molecule has 1 atom stereocenters. The summed E-state index contributed by atoms with van der Waals surface area (Å²) in [6.07, 6.45) is 1.72. The number of rotatable bonds is 6. The lowest BCUT2D eigenvalue weighted by Crippen LogP contribution is -2.28. The van der Waals surface area contributed by atoms with E-state index in [1.165, 1.54) is 6.07 Å². The van der Waals surface area contributed by atoms with Gasteiger partial charge in [0, 0.05) is 19.8 Å². The van der Waals surface area contributed by atoms with Crippen molar-refractivity contribution in [2.45, 2.75) is 25.8 Å². The zero-order valence-electron chi connectivity index (χ0n) is 9.79. The van der Waals surface area contributed by atoms with E-state index < -0.39 is 0 Å². The van der Waals surface area contributed by atoms with Gasteiger partial charge in [-0.05, 0) is 37.0 Å². The number of ether oxygens (including phenoxy) is 1. The van der Waals surface area contributed by atoms with E-state index in [2.05, 4.69) is 5.43 Å². The molecule has 0 bridgehead atoms. The van der Waals surface area contributed by atoms with Gasteiger partial charge in [-0.25, -0.2) is 4.39 Å². The van der Waals surface area contributed by atoms with Crippen LogP contribution in [0.2, 0.25) is 0 Å². The highest BCUT2D eigenvalue weighted by atomic mass is 19.1. The van der Waals surface area contributed by atoms with Crippen LogP contribution >= 0.6 is 0 Å². The first-order chi connectivity index (χ1) is 7.69. The summed E-state index contributed by atoms with van der Waals surface area (Å²) in [6, 6.07) is 5.18. The van der Waals surface area contributed by atoms with Gasteiger partial charge in [0.1, 0.15) is 5.82 Å². The minimum absolute atomic E-state index is 0.0229. The molecule has 0 amide bonds. The molecule has 0 aliphatic rings. The Labute approximate surface area is 95.8 Å². The second-order valence-electron chi connectivity index (χ2n) is 3.86. The molecule has 3 nitrogen and oxygen atoms in total. The zero-order valence-corrected chi connectivity index (χ0v) is 9.79. The van der Waals surface area contributed by atoms with Crippen LogP contribution in [0.4, 0.5) is 4.39 Å². The Balaban J connectivity index is 2.67. The van der Waals surface area contributed by atoms with Gasteiger partial charge in [0.25, 0.3) is 0 Å². The molecule has 0 aliphatic heterocycles. The van der Waals surface area contributed by atoms with Crippen LogP contribution in [0.5, 0.6) is 0 Å². The van der Waals surface area contributed by atoms with Gasteiger partial charge >= 0.3 is 0 Å². The third kappa shape index (κ3) is 3.56. The maximum absolute atomic E-state index is 13.4. The van der Waals surface area contributed by atoms with Crippen molar-refractivity contribution in [2.24, 2.45) is 5.84 Å². The van der Waals surface area contributed by atoms with E-state index in [1.807, 2.05) is 6.07 Å². The van der Waals surface area contributed by atoms with Crippen molar-refractivity contribution < 1.29 is 9.13 Å². The summed E-state index contributed by atoms with van der Waals surface area (Å²) in [6.45, 7) is 2.43. The quantitative estimate of drug-likeness (QED) is 0.443. The van der Waals surface area contributed by atoms with E-state index in [9.17, 15) is 4.39 Å². The van der Waals surface area contributed by atoms with Gasteiger partial charge in [-0.15, -0.1) is 0 Å². The number of halogens is 1. The number of aryl methyl sites for hydroxylation is 1. The average molecular weight is 226 g/mol. The molecule has 1 unspecified atom stereocenters. The number of nitrogens with two attached hydrogens (primary N) is 1. The van der Waals surface area contributed by atoms with Crippen molar-refractivity contribution in [3.05, 3.63) is 35.1 Å². The number of hydrazine groups is 1. The van der Waals surface area contributed by atoms with Crippen LogP contribution in [0, 0.1) is 12.7 Å². The first-order valence-electron chi connectivity index (χ1n) is 5.40. The van der Waals surface area contributed by atoms with Crippen LogP contribution in [0.1, 0.15) is 30.0 Å². The Kier molecular flexibility index (Phi) is 5.38. The lowest BCUT2D eigenvalue weighted by Gasteiger charge is -2.16. The van der Waals surface area contributed by atoms with E-state index in [-0.39, 0.29) is 11.9 Å². The van der Waals surface area contributed by atoms with E-state index in [1.54, 1.807) is 20.1 Å². The summed E-state index contributed by atoms with van der Waals surface area (Å²) in [5.74, 6) is 5.27. The molecule has 1 rings (SSSR count). The summed E-state index contributed by atoms with van der Waals surface area (Å²) in [7, 11) is 1.66. The predicted octanol–water partition coefficient (Wildman–Crippen LogP) is 2.07. The smallest absolute Gasteiger partial charge is 0.126 e. The Hall–Kier alpha value is -0.970. The fourth-order valence-corrected chi connectivity index (χ4v) is 1.60. The van der Waals surface area contributed by atoms with Gasteiger partial charge in [-0.1, -0.05) is 12.1 Å². The molecule has 0 saturated heterocycles. The number of benzene rings is 1. The van der Waals surface area contributed by atoms with Gasteiger partial charge in [0.05, 0.1) is 0 Å². The Bertz CT molecular complexity index is 331. The van der Waals surface area contributed by atoms with Crippen molar-refractivity contribution >= 4 is 0 Å². The summed E-state index contributed by atoms with van der Waals surface area (Å²) in [4.78, 5) is 0. The topological polar surface area (TPSA) is 47.3 Å². The monoisotopic (exact) mass is 226 g/mol. The van der Waals surface area contributed by atoms with Gasteiger partial charge in [-0.3, -0.25) is 11.3 Å². The molecule has 1 aromatic carbocycles. The van der Waals surface area contributed by atoms with Crippen molar-refractivity contribution in [1.82, 2.24) is 5.43 Å². The standard InChI is InChI=1S/C12H19FN2O/c1-9-5-6-10(8-11(9)13)12(15-14)4-3-7-16-2/h5-6,8,12,15H,3-4,7,14H2,1-2H3. The number of nitrogens with one attached hydrogen (secondary N) is 1. The molecule has 0 saturated carbocycles. The minimum atomic E-state index is -0.190. The highest BCUT2D eigenvalue weighted by Gasteiger charge is 2.10. The number of methoxy groups -OCH3 is 1. The average Bonchev–Trinajstić information content (AvgIpc) is 2.29. The van der Waals surface area contributed by atoms with E-state index in [4.69, 9.17) is 10.6 Å². The molecule has 0 aliphatic carbocycles. The molecular formula is C12H19FN2O. The minimum Gasteiger partial charge on any atom is -0.385 e. The maximum atomic E-state index is 13.4. The lowest BCUT2D eigenvalue weighted by atomic mass is 10.0. The van der Waals surface area contributed by atoms with Crippen LogP contribution in [-0.4, -0.2) is 13.7 Å². The first-order valence-corrected chi connectivity index (χ1v) is 5.40. The van der Waals surface area contributed by atoms with Crippen LogP contribution in [0.15, 0.2) is 18.2 Å². The SMILES string of the molecule is COCCCC(NN)c1ccc(C)c(F)c1.